The summed E-state index contributed by atoms with van der Waals surface area (Å²) in [4.78, 5) is 22.7. The molecule has 0 saturated heterocycles. The molecule has 3 rings (SSSR count). The molecule has 0 atom stereocenters. The molecule has 176 valence electrons. The van der Waals surface area contributed by atoms with E-state index in [-0.39, 0.29) is 17.1 Å². The predicted octanol–water partition coefficient (Wildman–Crippen LogP) is 3.63. The van der Waals surface area contributed by atoms with E-state index in [2.05, 4.69) is 10.5 Å². The van der Waals surface area contributed by atoms with Gasteiger partial charge in [-0.25, -0.2) is 13.8 Å². The molecule has 0 aliphatic carbocycles. The van der Waals surface area contributed by atoms with Crippen molar-refractivity contribution >= 4 is 39.4 Å². The molecule has 11 heteroatoms. The second-order valence-corrected chi connectivity index (χ2v) is 9.54. The molecule has 1 amide bonds. The third-order valence-electron chi connectivity index (χ3n) is 4.77. The number of benzene rings is 3. The van der Waals surface area contributed by atoms with Crippen LogP contribution >= 0.6 is 11.6 Å². The van der Waals surface area contributed by atoms with Crippen LogP contribution in [-0.2, 0) is 21.2 Å². The number of sulfonamides is 1. The molecule has 3 aromatic carbocycles. The largest absolute Gasteiger partial charge is 0.272 e. The Morgan fingerprint density at radius 2 is 1.68 bits per heavy atom. The van der Waals surface area contributed by atoms with Gasteiger partial charge in [-0.15, -0.1) is 0 Å². The molecule has 3 aromatic rings. The highest BCUT2D eigenvalue weighted by Crippen LogP contribution is 2.19. The van der Waals surface area contributed by atoms with Crippen LogP contribution < -0.4 is 5.43 Å². The van der Waals surface area contributed by atoms with Gasteiger partial charge in [0, 0.05) is 23.7 Å². The lowest BCUT2D eigenvalue weighted by Crippen LogP contribution is -2.40. The molecule has 0 saturated carbocycles. The monoisotopic (exact) mass is 500 g/mol. The summed E-state index contributed by atoms with van der Waals surface area (Å²) in [7, 11) is -3.98. The number of halogens is 1. The van der Waals surface area contributed by atoms with Crippen LogP contribution in [0.2, 0.25) is 5.02 Å². The van der Waals surface area contributed by atoms with Crippen LogP contribution in [0, 0.1) is 10.1 Å². The second kappa shape index (κ2) is 11.5. The molecular weight excluding hydrogens is 480 g/mol. The maximum Gasteiger partial charge on any atom is 0.269 e. The first-order valence-electron chi connectivity index (χ1n) is 10.1. The summed E-state index contributed by atoms with van der Waals surface area (Å²) in [5.41, 5.74) is 3.69. The fraction of sp³-hybridized carbons (Fsp3) is 0.130. The van der Waals surface area contributed by atoms with Gasteiger partial charge in [-0.1, -0.05) is 41.9 Å². The number of amides is 1. The third-order valence-corrected chi connectivity index (χ3v) is 6.88. The van der Waals surface area contributed by atoms with Crippen molar-refractivity contribution in [1.29, 1.82) is 0 Å². The van der Waals surface area contributed by atoms with Crippen molar-refractivity contribution in [2.75, 3.05) is 13.1 Å². The average Bonchev–Trinajstić information content (AvgIpc) is 2.83. The topological polar surface area (TPSA) is 122 Å². The number of nitrogens with zero attached hydrogens (tertiary/aromatic N) is 3. The zero-order chi connectivity index (χ0) is 24.6. The van der Waals surface area contributed by atoms with Gasteiger partial charge in [0.1, 0.15) is 0 Å². The molecule has 0 aromatic heterocycles. The summed E-state index contributed by atoms with van der Waals surface area (Å²) in [5.74, 6) is -0.635. The second-order valence-electron chi connectivity index (χ2n) is 7.17. The predicted molar refractivity (Wildman–Crippen MR) is 129 cm³/mol. The van der Waals surface area contributed by atoms with Crippen molar-refractivity contribution in [3.63, 3.8) is 0 Å². The molecule has 0 fully saturated rings. The summed E-state index contributed by atoms with van der Waals surface area (Å²) in [5, 5.41) is 14.9. The minimum absolute atomic E-state index is 0.0205. The highest BCUT2D eigenvalue weighted by atomic mass is 35.5. The lowest BCUT2D eigenvalue weighted by molar-refractivity contribution is -0.384. The summed E-state index contributed by atoms with van der Waals surface area (Å²) < 4.78 is 27.5. The maximum absolute atomic E-state index is 13.2. The Hall–Kier alpha value is -3.60. The number of nitrogens with one attached hydrogen (secondary N) is 1. The molecule has 0 radical (unpaired) electrons. The first-order chi connectivity index (χ1) is 16.3. The lowest BCUT2D eigenvalue weighted by atomic mass is 10.1. The van der Waals surface area contributed by atoms with Crippen LogP contribution in [-0.4, -0.2) is 42.9 Å². The Morgan fingerprint density at radius 1 is 1.03 bits per heavy atom. The number of hydrazone groups is 1. The van der Waals surface area contributed by atoms with Gasteiger partial charge >= 0.3 is 0 Å². The molecule has 0 unspecified atom stereocenters. The molecule has 0 bridgehead atoms. The van der Waals surface area contributed by atoms with E-state index in [0.717, 1.165) is 9.87 Å². The smallest absolute Gasteiger partial charge is 0.269 e. The van der Waals surface area contributed by atoms with Crippen LogP contribution in [0.5, 0.6) is 0 Å². The normalized spacial score (nSPS) is 11.6. The molecule has 34 heavy (non-hydrogen) atoms. The maximum atomic E-state index is 13.2. The number of hydrogen-bond acceptors (Lipinski definition) is 6. The van der Waals surface area contributed by atoms with Crippen LogP contribution in [0.4, 0.5) is 5.69 Å². The third kappa shape index (κ3) is 6.95. The molecule has 0 aliphatic rings. The fourth-order valence-corrected chi connectivity index (χ4v) is 4.52. The van der Waals surface area contributed by atoms with Crippen molar-refractivity contribution in [3.8, 4) is 0 Å². The summed E-state index contributed by atoms with van der Waals surface area (Å²) in [6, 6.07) is 20.6. The van der Waals surface area contributed by atoms with Gasteiger partial charge in [0.25, 0.3) is 11.6 Å². The van der Waals surface area contributed by atoms with Crippen LogP contribution in [0.15, 0.2) is 88.9 Å². The number of carbonyl (C=O) groups is 1. The van der Waals surface area contributed by atoms with E-state index in [1.165, 1.54) is 54.7 Å². The molecule has 9 nitrogen and oxygen atoms in total. The molecule has 1 N–H and O–H groups in total. The van der Waals surface area contributed by atoms with E-state index >= 15 is 0 Å². The molecular formula is C23H21ClN4O5S. The van der Waals surface area contributed by atoms with E-state index in [1.807, 2.05) is 30.3 Å². The van der Waals surface area contributed by atoms with Gasteiger partial charge in [-0.3, -0.25) is 14.9 Å². The van der Waals surface area contributed by atoms with Crippen molar-refractivity contribution < 1.29 is 18.1 Å². The van der Waals surface area contributed by atoms with E-state index in [4.69, 9.17) is 11.6 Å². The van der Waals surface area contributed by atoms with Gasteiger partial charge < -0.3 is 0 Å². The quantitative estimate of drug-likeness (QED) is 0.259. The summed E-state index contributed by atoms with van der Waals surface area (Å²) >= 11 is 5.88. The van der Waals surface area contributed by atoms with Crippen molar-refractivity contribution in [2.24, 2.45) is 5.10 Å². The van der Waals surface area contributed by atoms with Crippen molar-refractivity contribution in [3.05, 3.63) is 105 Å². The van der Waals surface area contributed by atoms with Gasteiger partial charge in [0.15, 0.2) is 0 Å². The Morgan fingerprint density at radius 3 is 2.29 bits per heavy atom. The van der Waals surface area contributed by atoms with E-state index in [1.54, 1.807) is 0 Å². The van der Waals surface area contributed by atoms with Crippen LogP contribution in [0.25, 0.3) is 0 Å². The molecule has 0 spiro atoms. The minimum Gasteiger partial charge on any atom is -0.272 e. The Balaban J connectivity index is 1.71. The first kappa shape index (κ1) is 25.0. The Bertz CT molecular complexity index is 1260. The van der Waals surface area contributed by atoms with Gasteiger partial charge in [-0.2, -0.15) is 9.41 Å². The first-order valence-corrected chi connectivity index (χ1v) is 11.9. The van der Waals surface area contributed by atoms with E-state index in [9.17, 15) is 23.3 Å². The van der Waals surface area contributed by atoms with Gasteiger partial charge in [0.2, 0.25) is 10.0 Å². The summed E-state index contributed by atoms with van der Waals surface area (Å²) in [6.07, 6.45) is 1.72. The number of hydrogen-bond donors (Lipinski definition) is 1. The lowest BCUT2D eigenvalue weighted by Gasteiger charge is -2.21. The molecule has 0 heterocycles. The number of nitro groups is 1. The Kier molecular flexibility index (Phi) is 8.47. The fourth-order valence-electron chi connectivity index (χ4n) is 2.99. The average molecular weight is 501 g/mol. The highest BCUT2D eigenvalue weighted by molar-refractivity contribution is 7.89. The number of carbonyl (C=O) groups excluding carboxylic acids is 1. The van der Waals surface area contributed by atoms with Crippen molar-refractivity contribution in [2.45, 2.75) is 11.3 Å². The number of nitro benzene ring substituents is 1. The molecule has 0 aliphatic heterocycles. The minimum atomic E-state index is -3.98. The summed E-state index contributed by atoms with van der Waals surface area (Å²) in [6.45, 7) is -0.371. The SMILES string of the molecule is O=C(CN(CCc1ccccc1)S(=O)(=O)c1ccc(Cl)cc1)N/N=C\c1ccc([N+](=O)[O-])cc1. The van der Waals surface area contributed by atoms with Crippen LogP contribution in [0.3, 0.4) is 0 Å². The van der Waals surface area contributed by atoms with E-state index < -0.39 is 27.4 Å². The zero-order valence-corrected chi connectivity index (χ0v) is 19.4. The number of rotatable bonds is 10. The zero-order valence-electron chi connectivity index (χ0n) is 17.9. The van der Waals surface area contributed by atoms with Crippen LogP contribution in [0.1, 0.15) is 11.1 Å². The Labute approximate surface area is 201 Å². The van der Waals surface area contributed by atoms with Gasteiger partial charge in [0.05, 0.1) is 22.6 Å². The van der Waals surface area contributed by atoms with Gasteiger partial charge in [-0.05, 0) is 53.9 Å². The highest BCUT2D eigenvalue weighted by Gasteiger charge is 2.26. The van der Waals surface area contributed by atoms with Crippen molar-refractivity contribution in [1.82, 2.24) is 9.73 Å². The van der Waals surface area contributed by atoms with E-state index in [0.29, 0.717) is 17.0 Å². The number of non-ortho nitro benzene ring substituents is 1. The standard InChI is InChI=1S/C23H21ClN4O5S/c24-20-8-12-22(13-9-20)34(32,33)27(15-14-18-4-2-1-3-5-18)17-23(29)26-25-16-19-6-10-21(11-7-19)28(30)31/h1-13,16H,14-15,17H2,(H,26,29)/b25-16-.